The maximum absolute atomic E-state index is 12.3. The predicted octanol–water partition coefficient (Wildman–Crippen LogP) is 1.45. The van der Waals surface area contributed by atoms with Crippen molar-refractivity contribution in [3.63, 3.8) is 0 Å². The van der Waals surface area contributed by atoms with E-state index in [9.17, 15) is 9.59 Å². The minimum atomic E-state index is 0.0539. The maximum atomic E-state index is 12.3. The lowest BCUT2D eigenvalue weighted by molar-refractivity contribution is -0.132. The van der Waals surface area contributed by atoms with Gasteiger partial charge in [0.05, 0.1) is 12.2 Å². The topological polar surface area (TPSA) is 58.4 Å². The van der Waals surface area contributed by atoms with E-state index in [1.54, 1.807) is 4.68 Å². The van der Waals surface area contributed by atoms with Crippen molar-refractivity contribution in [2.45, 2.75) is 64.0 Å². The van der Waals surface area contributed by atoms with E-state index in [0.717, 1.165) is 69.5 Å². The van der Waals surface area contributed by atoms with Crippen molar-refractivity contribution in [3.05, 3.63) is 27.7 Å². The summed E-state index contributed by atoms with van der Waals surface area (Å²) < 4.78 is 1.69. The zero-order valence-electron chi connectivity index (χ0n) is 15.8. The molecule has 142 valence electrons. The van der Waals surface area contributed by atoms with E-state index >= 15 is 0 Å². The van der Waals surface area contributed by atoms with Gasteiger partial charge in [-0.3, -0.25) is 9.59 Å². The predicted molar refractivity (Wildman–Crippen MR) is 100 cm³/mol. The number of aromatic nitrogens is 2. The average Bonchev–Trinajstić information content (AvgIpc) is 2.75. The molecule has 6 heteroatoms. The number of fused-ring (bicyclic) bond motifs is 1. The molecule has 3 heterocycles. The summed E-state index contributed by atoms with van der Waals surface area (Å²) in [5, 5.41) is 4.64. The molecule has 4 rings (SSSR count). The molecule has 0 saturated carbocycles. The SMILES string of the molecule is CN1C(=O)CCCCC1CN1CC(Cn2nc3c(cc2=O)CCCC3)C1. The van der Waals surface area contributed by atoms with Crippen LogP contribution in [0.3, 0.4) is 0 Å². The van der Waals surface area contributed by atoms with Gasteiger partial charge in [-0.05, 0) is 44.1 Å². The van der Waals surface area contributed by atoms with E-state index in [1.807, 2.05) is 18.0 Å². The van der Waals surface area contributed by atoms with E-state index in [4.69, 9.17) is 0 Å². The first-order chi connectivity index (χ1) is 12.6. The fourth-order valence-corrected chi connectivity index (χ4v) is 4.66. The first-order valence-corrected chi connectivity index (χ1v) is 10.2. The molecular formula is C20H30N4O2. The molecule has 0 spiro atoms. The number of rotatable bonds is 4. The summed E-state index contributed by atoms with van der Waals surface area (Å²) >= 11 is 0. The van der Waals surface area contributed by atoms with Gasteiger partial charge in [-0.15, -0.1) is 0 Å². The van der Waals surface area contributed by atoms with E-state index in [2.05, 4.69) is 10.00 Å². The molecule has 6 nitrogen and oxygen atoms in total. The molecule has 0 aromatic carbocycles. The van der Waals surface area contributed by atoms with E-state index in [1.165, 1.54) is 12.8 Å². The fraction of sp³-hybridized carbons (Fsp3) is 0.750. The van der Waals surface area contributed by atoms with Crippen molar-refractivity contribution in [1.82, 2.24) is 19.6 Å². The highest BCUT2D eigenvalue weighted by Gasteiger charge is 2.32. The summed E-state index contributed by atoms with van der Waals surface area (Å²) in [6, 6.07) is 2.15. The van der Waals surface area contributed by atoms with Crippen LogP contribution in [-0.2, 0) is 24.2 Å². The minimum Gasteiger partial charge on any atom is -0.341 e. The second-order valence-corrected chi connectivity index (χ2v) is 8.33. The van der Waals surface area contributed by atoms with E-state index < -0.39 is 0 Å². The van der Waals surface area contributed by atoms with Gasteiger partial charge in [0.25, 0.3) is 5.56 Å². The molecule has 2 saturated heterocycles. The Kier molecular flexibility index (Phi) is 5.11. The molecule has 2 fully saturated rings. The summed E-state index contributed by atoms with van der Waals surface area (Å²) in [6.07, 6.45) is 8.34. The average molecular weight is 358 g/mol. The van der Waals surface area contributed by atoms with Crippen LogP contribution in [-0.4, -0.2) is 58.2 Å². The normalized spacial score (nSPS) is 24.9. The van der Waals surface area contributed by atoms with Gasteiger partial charge >= 0.3 is 0 Å². The van der Waals surface area contributed by atoms with Crippen molar-refractivity contribution in [3.8, 4) is 0 Å². The molecule has 1 atom stereocenters. The lowest BCUT2D eigenvalue weighted by atomic mass is 9.96. The zero-order chi connectivity index (χ0) is 18.1. The smallest absolute Gasteiger partial charge is 0.267 e. The van der Waals surface area contributed by atoms with Crippen molar-refractivity contribution in [2.75, 3.05) is 26.7 Å². The number of hydrogen-bond donors (Lipinski definition) is 0. The molecule has 2 aliphatic heterocycles. The summed E-state index contributed by atoms with van der Waals surface area (Å²) in [5.41, 5.74) is 2.35. The third kappa shape index (κ3) is 3.70. The van der Waals surface area contributed by atoms with Crippen LogP contribution in [0.1, 0.15) is 49.8 Å². The Bertz CT molecular complexity index is 723. The van der Waals surface area contributed by atoms with Gasteiger partial charge in [-0.1, -0.05) is 6.42 Å². The largest absolute Gasteiger partial charge is 0.341 e. The molecule has 0 radical (unpaired) electrons. The standard InChI is InChI=1S/C20H30N4O2/c1-22-17(7-3-5-9-19(22)25)14-23-11-15(12-23)13-24-20(26)10-16-6-2-4-8-18(16)21-24/h10,15,17H,2-9,11-14H2,1H3. The summed E-state index contributed by atoms with van der Waals surface area (Å²) in [7, 11) is 1.95. The minimum absolute atomic E-state index is 0.0539. The highest BCUT2D eigenvalue weighted by atomic mass is 16.2. The van der Waals surface area contributed by atoms with Crippen molar-refractivity contribution in [1.29, 1.82) is 0 Å². The van der Waals surface area contributed by atoms with Crippen LogP contribution >= 0.6 is 0 Å². The molecule has 0 bridgehead atoms. The molecular weight excluding hydrogens is 328 g/mol. The van der Waals surface area contributed by atoms with Gasteiger partial charge in [0.2, 0.25) is 5.91 Å². The molecule has 1 amide bonds. The maximum Gasteiger partial charge on any atom is 0.267 e. The highest BCUT2D eigenvalue weighted by Crippen LogP contribution is 2.23. The number of nitrogens with zero attached hydrogens (tertiary/aromatic N) is 4. The number of amides is 1. The molecule has 1 aromatic heterocycles. The third-order valence-electron chi connectivity index (χ3n) is 6.33. The lowest BCUT2D eigenvalue weighted by Gasteiger charge is -2.42. The van der Waals surface area contributed by atoms with Gasteiger partial charge in [-0.2, -0.15) is 5.10 Å². The van der Waals surface area contributed by atoms with Crippen LogP contribution in [0, 0.1) is 5.92 Å². The van der Waals surface area contributed by atoms with Crippen LogP contribution in [0.5, 0.6) is 0 Å². The second-order valence-electron chi connectivity index (χ2n) is 8.33. The second kappa shape index (κ2) is 7.51. The molecule has 26 heavy (non-hydrogen) atoms. The lowest BCUT2D eigenvalue weighted by Crippen LogP contribution is -2.54. The van der Waals surface area contributed by atoms with Gasteiger partial charge in [0.15, 0.2) is 0 Å². The van der Waals surface area contributed by atoms with Crippen LogP contribution in [0.25, 0.3) is 0 Å². The molecule has 1 aromatic rings. The number of aryl methyl sites for hydroxylation is 2. The number of carbonyl (C=O) groups is 1. The van der Waals surface area contributed by atoms with Crippen LogP contribution in [0.4, 0.5) is 0 Å². The Balaban J connectivity index is 1.31. The molecule has 1 unspecified atom stereocenters. The summed E-state index contributed by atoms with van der Waals surface area (Å²) in [4.78, 5) is 28.7. The highest BCUT2D eigenvalue weighted by molar-refractivity contribution is 5.76. The van der Waals surface area contributed by atoms with Gasteiger partial charge in [0.1, 0.15) is 0 Å². The first kappa shape index (κ1) is 17.7. The van der Waals surface area contributed by atoms with Gasteiger partial charge in [0, 0.05) is 51.1 Å². The fourth-order valence-electron chi connectivity index (χ4n) is 4.66. The monoisotopic (exact) mass is 358 g/mol. The van der Waals surface area contributed by atoms with Crippen molar-refractivity contribution >= 4 is 5.91 Å². The Hall–Kier alpha value is -1.69. The van der Waals surface area contributed by atoms with Crippen LogP contribution < -0.4 is 5.56 Å². The van der Waals surface area contributed by atoms with Crippen molar-refractivity contribution in [2.24, 2.45) is 5.92 Å². The zero-order valence-corrected chi connectivity index (χ0v) is 15.8. The molecule has 3 aliphatic rings. The number of likely N-dealkylation sites (tertiary alicyclic amines) is 2. The molecule has 0 N–H and O–H groups in total. The van der Waals surface area contributed by atoms with E-state index in [-0.39, 0.29) is 11.5 Å². The molecule has 1 aliphatic carbocycles. The Morgan fingerprint density at radius 2 is 1.81 bits per heavy atom. The van der Waals surface area contributed by atoms with Gasteiger partial charge < -0.3 is 9.80 Å². The van der Waals surface area contributed by atoms with Crippen molar-refractivity contribution < 1.29 is 4.79 Å². The quantitative estimate of drug-likeness (QED) is 0.818. The number of carbonyl (C=O) groups excluding carboxylic acids is 1. The number of likely N-dealkylation sites (N-methyl/N-ethyl adjacent to an activating group) is 1. The Labute approximate surface area is 155 Å². The summed E-state index contributed by atoms with van der Waals surface area (Å²) in [6.45, 7) is 3.70. The number of hydrogen-bond acceptors (Lipinski definition) is 4. The third-order valence-corrected chi connectivity index (χ3v) is 6.33. The summed E-state index contributed by atoms with van der Waals surface area (Å²) in [5.74, 6) is 0.781. The van der Waals surface area contributed by atoms with E-state index in [0.29, 0.717) is 18.4 Å². The Morgan fingerprint density at radius 3 is 2.65 bits per heavy atom. The van der Waals surface area contributed by atoms with Gasteiger partial charge in [-0.25, -0.2) is 4.68 Å². The van der Waals surface area contributed by atoms with Crippen LogP contribution in [0.2, 0.25) is 0 Å². The Morgan fingerprint density at radius 1 is 1.04 bits per heavy atom. The first-order valence-electron chi connectivity index (χ1n) is 10.2. The van der Waals surface area contributed by atoms with Crippen LogP contribution in [0.15, 0.2) is 10.9 Å².